The number of nitrogens with zero attached hydrogens (tertiary/aromatic N) is 1. The monoisotopic (exact) mass is 270 g/mol. The molecular weight excluding hydrogens is 244 g/mol. The Morgan fingerprint density at radius 2 is 2.05 bits per heavy atom. The fraction of sp³-hybridized carbons (Fsp3) is 0.929. The summed E-state index contributed by atoms with van der Waals surface area (Å²) in [4.78, 5) is 13.8. The number of morpholine rings is 1. The predicted octanol–water partition coefficient (Wildman–Crippen LogP) is 1.62. The lowest BCUT2D eigenvalue weighted by Crippen LogP contribution is -2.56. The fourth-order valence-corrected chi connectivity index (χ4v) is 2.49. The van der Waals surface area contributed by atoms with E-state index in [-0.39, 0.29) is 17.1 Å². The van der Waals surface area contributed by atoms with Crippen LogP contribution in [0.1, 0.15) is 33.6 Å². The van der Waals surface area contributed by atoms with Gasteiger partial charge in [-0.3, -0.25) is 0 Å². The van der Waals surface area contributed by atoms with E-state index in [0.717, 1.165) is 45.6 Å². The Morgan fingerprint density at radius 3 is 2.58 bits per heavy atom. The number of ether oxygens (including phenoxy) is 2. The molecule has 0 aromatic rings. The second kappa shape index (κ2) is 5.67. The first-order valence-corrected chi connectivity index (χ1v) is 7.17. The van der Waals surface area contributed by atoms with Gasteiger partial charge in [-0.15, -0.1) is 0 Å². The van der Waals surface area contributed by atoms with E-state index in [0.29, 0.717) is 6.61 Å². The van der Waals surface area contributed by atoms with Crippen molar-refractivity contribution in [2.45, 2.75) is 39.2 Å². The normalized spacial score (nSPS) is 23.4. The molecule has 0 aromatic carbocycles. The molecule has 5 nitrogen and oxygen atoms in total. The Kier molecular flexibility index (Phi) is 4.36. The highest BCUT2D eigenvalue weighted by molar-refractivity contribution is 5.67. The molecule has 0 unspecified atom stereocenters. The smallest absolute Gasteiger partial charge is 0.409 e. The van der Waals surface area contributed by atoms with Crippen molar-refractivity contribution in [2.24, 2.45) is 5.41 Å². The van der Waals surface area contributed by atoms with Gasteiger partial charge >= 0.3 is 6.09 Å². The van der Waals surface area contributed by atoms with Crippen LogP contribution in [0.4, 0.5) is 4.79 Å². The Bertz CT molecular complexity index is 309. The highest BCUT2D eigenvalue weighted by atomic mass is 16.6. The van der Waals surface area contributed by atoms with Gasteiger partial charge in [0.2, 0.25) is 0 Å². The Labute approximate surface area is 115 Å². The standard InChI is InChI=1S/C14H26N2O3/c1-13(2,3)11-18-12(17)16-7-4-14(5-8-16)10-15-6-9-19-14/h15H,4-11H2,1-3H3. The zero-order valence-electron chi connectivity index (χ0n) is 12.3. The molecule has 1 spiro atoms. The van der Waals surface area contributed by atoms with E-state index in [9.17, 15) is 4.79 Å². The third-order valence-corrected chi connectivity index (χ3v) is 3.70. The van der Waals surface area contributed by atoms with E-state index in [1.165, 1.54) is 0 Å². The van der Waals surface area contributed by atoms with Crippen LogP contribution in [0.3, 0.4) is 0 Å². The highest BCUT2D eigenvalue weighted by Gasteiger charge is 2.38. The summed E-state index contributed by atoms with van der Waals surface area (Å²) in [7, 11) is 0. The summed E-state index contributed by atoms with van der Waals surface area (Å²) < 4.78 is 11.3. The molecule has 0 atom stereocenters. The first-order valence-electron chi connectivity index (χ1n) is 7.17. The predicted molar refractivity (Wildman–Crippen MR) is 73.2 cm³/mol. The third kappa shape index (κ3) is 4.08. The zero-order valence-corrected chi connectivity index (χ0v) is 12.3. The molecule has 2 aliphatic heterocycles. The van der Waals surface area contributed by atoms with Gasteiger partial charge in [-0.2, -0.15) is 0 Å². The van der Waals surface area contributed by atoms with Crippen LogP contribution < -0.4 is 5.32 Å². The maximum atomic E-state index is 12.0. The second-order valence-electron chi connectivity index (χ2n) is 6.81. The van der Waals surface area contributed by atoms with Crippen LogP contribution >= 0.6 is 0 Å². The lowest BCUT2D eigenvalue weighted by molar-refractivity contribution is -0.0976. The number of hydrogen-bond donors (Lipinski definition) is 1. The topological polar surface area (TPSA) is 50.8 Å². The van der Waals surface area contributed by atoms with Crippen molar-refractivity contribution in [3.8, 4) is 0 Å². The minimum Gasteiger partial charge on any atom is -0.449 e. The number of carbonyl (C=O) groups is 1. The first-order chi connectivity index (χ1) is 8.90. The average molecular weight is 270 g/mol. The molecule has 2 rings (SSSR count). The Hall–Kier alpha value is -0.810. The van der Waals surface area contributed by atoms with E-state index >= 15 is 0 Å². The van der Waals surface area contributed by atoms with Crippen LogP contribution in [0.2, 0.25) is 0 Å². The van der Waals surface area contributed by atoms with Gasteiger partial charge in [-0.1, -0.05) is 20.8 Å². The van der Waals surface area contributed by atoms with Gasteiger partial charge in [0.25, 0.3) is 0 Å². The maximum Gasteiger partial charge on any atom is 0.409 e. The summed E-state index contributed by atoms with van der Waals surface area (Å²) >= 11 is 0. The lowest BCUT2D eigenvalue weighted by Gasteiger charge is -2.43. The highest BCUT2D eigenvalue weighted by Crippen LogP contribution is 2.27. The second-order valence-corrected chi connectivity index (χ2v) is 6.81. The number of piperidine rings is 1. The fourth-order valence-electron chi connectivity index (χ4n) is 2.49. The molecule has 2 heterocycles. The van der Waals surface area contributed by atoms with Crippen molar-refractivity contribution in [2.75, 3.05) is 39.4 Å². The SMILES string of the molecule is CC(C)(C)COC(=O)N1CCC2(CC1)CNCCO2. The molecule has 0 bridgehead atoms. The van der Waals surface area contributed by atoms with E-state index < -0.39 is 0 Å². The van der Waals surface area contributed by atoms with Gasteiger partial charge in [0, 0.05) is 26.2 Å². The van der Waals surface area contributed by atoms with Crippen molar-refractivity contribution in [1.82, 2.24) is 10.2 Å². The van der Waals surface area contributed by atoms with Crippen LogP contribution in [-0.4, -0.2) is 56.0 Å². The Morgan fingerprint density at radius 1 is 1.37 bits per heavy atom. The summed E-state index contributed by atoms with van der Waals surface area (Å²) in [6.45, 7) is 10.7. The van der Waals surface area contributed by atoms with Crippen molar-refractivity contribution in [3.05, 3.63) is 0 Å². The summed E-state index contributed by atoms with van der Waals surface area (Å²) in [5.41, 5.74) is -0.0396. The van der Waals surface area contributed by atoms with E-state index in [2.05, 4.69) is 26.1 Å². The van der Waals surface area contributed by atoms with Crippen LogP contribution in [-0.2, 0) is 9.47 Å². The van der Waals surface area contributed by atoms with E-state index in [4.69, 9.17) is 9.47 Å². The molecule has 110 valence electrons. The number of amides is 1. The third-order valence-electron chi connectivity index (χ3n) is 3.70. The number of rotatable bonds is 1. The van der Waals surface area contributed by atoms with Crippen molar-refractivity contribution < 1.29 is 14.3 Å². The van der Waals surface area contributed by atoms with Gasteiger partial charge in [-0.25, -0.2) is 4.79 Å². The van der Waals surface area contributed by atoms with Gasteiger partial charge in [-0.05, 0) is 18.3 Å². The lowest BCUT2D eigenvalue weighted by atomic mass is 9.90. The zero-order chi connectivity index (χ0) is 13.9. The van der Waals surface area contributed by atoms with E-state index in [1.54, 1.807) is 4.90 Å². The number of carbonyl (C=O) groups excluding carboxylic acids is 1. The van der Waals surface area contributed by atoms with Crippen LogP contribution in [0, 0.1) is 5.41 Å². The molecular formula is C14H26N2O3. The number of nitrogens with one attached hydrogen (secondary N) is 1. The summed E-state index contributed by atoms with van der Waals surface area (Å²) in [5, 5.41) is 3.37. The minimum atomic E-state index is -0.187. The maximum absolute atomic E-state index is 12.0. The van der Waals surface area contributed by atoms with Crippen molar-refractivity contribution >= 4 is 6.09 Å². The molecule has 0 saturated carbocycles. The van der Waals surface area contributed by atoms with Gasteiger partial charge in [0.15, 0.2) is 0 Å². The molecule has 0 aliphatic carbocycles. The first kappa shape index (κ1) is 14.6. The molecule has 1 amide bonds. The summed E-state index contributed by atoms with van der Waals surface area (Å²) in [5.74, 6) is 0. The molecule has 2 aliphatic rings. The van der Waals surface area contributed by atoms with Crippen molar-refractivity contribution in [3.63, 3.8) is 0 Å². The molecule has 0 radical (unpaired) electrons. The van der Waals surface area contributed by atoms with Crippen molar-refractivity contribution in [1.29, 1.82) is 0 Å². The number of hydrogen-bond acceptors (Lipinski definition) is 4. The Balaban J connectivity index is 1.77. The summed E-state index contributed by atoms with van der Waals surface area (Å²) in [6, 6.07) is 0. The quantitative estimate of drug-likeness (QED) is 0.786. The van der Waals surface area contributed by atoms with Crippen LogP contribution in [0.5, 0.6) is 0 Å². The molecule has 2 fully saturated rings. The molecule has 2 saturated heterocycles. The molecule has 1 N–H and O–H groups in total. The number of likely N-dealkylation sites (tertiary alicyclic amines) is 1. The van der Waals surface area contributed by atoms with Gasteiger partial charge < -0.3 is 19.7 Å². The van der Waals surface area contributed by atoms with Crippen LogP contribution in [0.15, 0.2) is 0 Å². The summed E-state index contributed by atoms with van der Waals surface area (Å²) in [6.07, 6.45) is 1.60. The molecule has 5 heteroatoms. The average Bonchev–Trinajstić information content (AvgIpc) is 2.37. The van der Waals surface area contributed by atoms with Gasteiger partial charge in [0.1, 0.15) is 0 Å². The van der Waals surface area contributed by atoms with E-state index in [1.807, 2.05) is 0 Å². The van der Waals surface area contributed by atoms with Gasteiger partial charge in [0.05, 0.1) is 18.8 Å². The molecule has 19 heavy (non-hydrogen) atoms. The van der Waals surface area contributed by atoms with Crippen LogP contribution in [0.25, 0.3) is 0 Å². The minimum absolute atomic E-state index is 0.0169. The largest absolute Gasteiger partial charge is 0.449 e. The molecule has 0 aromatic heterocycles.